The van der Waals surface area contributed by atoms with Crippen molar-refractivity contribution in [2.75, 3.05) is 0 Å². The topological polar surface area (TPSA) is 0 Å². The zero-order valence-electron chi connectivity index (χ0n) is 5.58. The molecule has 7 heteroatoms. The highest BCUT2D eigenvalue weighted by molar-refractivity contribution is 6.33. The van der Waals surface area contributed by atoms with Crippen LogP contribution in [0.3, 0.4) is 0 Å². The monoisotopic (exact) mass is 230 g/mol. The van der Waals surface area contributed by atoms with E-state index < -0.39 is 19.0 Å². The maximum absolute atomic E-state index is 10.8. The summed E-state index contributed by atoms with van der Waals surface area (Å²) in [6, 6.07) is 0. The van der Waals surface area contributed by atoms with Gasteiger partial charge < -0.3 is 0 Å². The average Bonchev–Trinajstić information content (AvgIpc) is 1.83. The van der Waals surface area contributed by atoms with Crippen LogP contribution >= 0.6 is 23.2 Å². The second kappa shape index (κ2) is 7.61. The van der Waals surface area contributed by atoms with Gasteiger partial charge in [-0.1, -0.05) is 23.2 Å². The van der Waals surface area contributed by atoms with Crippen molar-refractivity contribution in [1.29, 1.82) is 0 Å². The molecule has 0 saturated carbocycles. The van der Waals surface area contributed by atoms with Crippen molar-refractivity contribution in [2.24, 2.45) is 0 Å². The molecule has 0 fully saturated rings. The molecule has 0 aliphatic heterocycles. The normalized spacial score (nSPS) is 11.7. The van der Waals surface area contributed by atoms with Gasteiger partial charge in [0, 0.05) is 11.1 Å². The summed E-state index contributed by atoms with van der Waals surface area (Å²) in [6.45, 7) is 0. The average molecular weight is 231 g/mol. The summed E-state index contributed by atoms with van der Waals surface area (Å²) in [4.78, 5) is 0. The van der Waals surface area contributed by atoms with Crippen LogP contribution in [0.15, 0.2) is 11.1 Å². The van der Waals surface area contributed by atoms with E-state index in [0.29, 0.717) is 0 Å². The molecule has 0 rings (SSSR count). The maximum Gasteiger partial charge on any atom is 0.394 e. The van der Waals surface area contributed by atoms with Gasteiger partial charge in [0.15, 0.2) is 0 Å². The predicted octanol–water partition coefficient (Wildman–Crippen LogP) is 4.14. The SMILES string of the molecule is ClC=CCl.FC(F)CC(F)(F)F. The third-order valence-electron chi connectivity index (χ3n) is 0.433. The molecule has 0 aromatic heterocycles. The first-order valence-corrected chi connectivity index (χ1v) is 3.41. The number of hydrogen-bond donors (Lipinski definition) is 0. The number of halogens is 7. The zero-order chi connectivity index (χ0) is 10.2. The molecule has 0 spiro atoms. The standard InChI is InChI=1S/C3H3F5.C2H2Cl2/c4-2(5)1-3(6,7)8;3-1-2-4/h2H,1H2;1-2H. The fraction of sp³-hybridized carbons (Fsp3) is 0.600. The van der Waals surface area contributed by atoms with E-state index in [4.69, 9.17) is 23.2 Å². The first-order chi connectivity index (χ1) is 5.33. The van der Waals surface area contributed by atoms with Crippen molar-refractivity contribution in [3.63, 3.8) is 0 Å². The maximum atomic E-state index is 10.8. The van der Waals surface area contributed by atoms with E-state index in [9.17, 15) is 22.0 Å². The molecule has 0 radical (unpaired) electrons. The van der Waals surface area contributed by atoms with Gasteiger partial charge in [0.25, 0.3) is 0 Å². The molecule has 0 aromatic rings. The summed E-state index contributed by atoms with van der Waals surface area (Å²) in [6.07, 6.45) is -10.0. The largest absolute Gasteiger partial charge is 0.394 e. The molecular formula is C5H5Cl2F5. The Morgan fingerprint density at radius 2 is 1.42 bits per heavy atom. The van der Waals surface area contributed by atoms with Gasteiger partial charge in [-0.15, -0.1) is 0 Å². The quantitative estimate of drug-likeness (QED) is 0.595. The molecule has 74 valence electrons. The van der Waals surface area contributed by atoms with Gasteiger partial charge in [0.1, 0.15) is 6.42 Å². The predicted molar refractivity (Wildman–Crippen MR) is 37.5 cm³/mol. The third-order valence-corrected chi connectivity index (χ3v) is 0.814. The lowest BCUT2D eigenvalue weighted by Gasteiger charge is -2.02. The van der Waals surface area contributed by atoms with Crippen LogP contribution in [0.4, 0.5) is 22.0 Å². The van der Waals surface area contributed by atoms with Crippen LogP contribution in [0.25, 0.3) is 0 Å². The van der Waals surface area contributed by atoms with Crippen LogP contribution in [-0.2, 0) is 0 Å². The van der Waals surface area contributed by atoms with E-state index in [-0.39, 0.29) is 0 Å². The fourth-order valence-corrected chi connectivity index (χ4v) is 0.175. The Labute approximate surface area is 75.9 Å². The fourth-order valence-electron chi connectivity index (χ4n) is 0.175. The Hall–Kier alpha value is -0.0300. The number of hydrogen-bond acceptors (Lipinski definition) is 0. The smallest absolute Gasteiger partial charge is 0.210 e. The summed E-state index contributed by atoms with van der Waals surface area (Å²) >= 11 is 9.75. The minimum Gasteiger partial charge on any atom is -0.210 e. The van der Waals surface area contributed by atoms with Gasteiger partial charge in [0.05, 0.1) is 0 Å². The summed E-state index contributed by atoms with van der Waals surface area (Å²) in [5.74, 6) is 0. The molecule has 0 aliphatic rings. The lowest BCUT2D eigenvalue weighted by atomic mass is 10.4. The third kappa shape index (κ3) is 22.5. The summed E-state index contributed by atoms with van der Waals surface area (Å²) in [5.41, 5.74) is 2.48. The Morgan fingerprint density at radius 3 is 1.42 bits per heavy atom. The van der Waals surface area contributed by atoms with Crippen molar-refractivity contribution in [3.8, 4) is 0 Å². The summed E-state index contributed by atoms with van der Waals surface area (Å²) in [5, 5.41) is 0. The van der Waals surface area contributed by atoms with Gasteiger partial charge >= 0.3 is 6.18 Å². The number of rotatable bonds is 1. The van der Waals surface area contributed by atoms with Crippen molar-refractivity contribution in [3.05, 3.63) is 11.1 Å². The van der Waals surface area contributed by atoms with Crippen molar-refractivity contribution in [2.45, 2.75) is 19.0 Å². The van der Waals surface area contributed by atoms with Gasteiger partial charge in [-0.2, -0.15) is 13.2 Å². The molecule has 0 saturated heterocycles. The van der Waals surface area contributed by atoms with E-state index in [1.165, 1.54) is 11.1 Å². The van der Waals surface area contributed by atoms with Crippen LogP contribution in [0.1, 0.15) is 6.42 Å². The van der Waals surface area contributed by atoms with Crippen LogP contribution in [0.2, 0.25) is 0 Å². The minimum atomic E-state index is -4.73. The van der Waals surface area contributed by atoms with Crippen molar-refractivity contribution >= 4 is 23.2 Å². The highest BCUT2D eigenvalue weighted by Crippen LogP contribution is 2.22. The lowest BCUT2D eigenvalue weighted by molar-refractivity contribution is -0.158. The summed E-state index contributed by atoms with van der Waals surface area (Å²) < 4.78 is 54.1. The molecule has 0 amide bonds. The molecule has 0 aromatic carbocycles. The zero-order valence-corrected chi connectivity index (χ0v) is 7.10. The minimum absolute atomic E-state index is 1.24. The summed E-state index contributed by atoms with van der Waals surface area (Å²) in [7, 11) is 0. The highest BCUT2D eigenvalue weighted by Gasteiger charge is 2.31. The van der Waals surface area contributed by atoms with Gasteiger partial charge in [-0.25, -0.2) is 8.78 Å². The number of alkyl halides is 5. The van der Waals surface area contributed by atoms with Gasteiger partial charge in [-0.05, 0) is 0 Å². The molecule has 0 atom stereocenters. The van der Waals surface area contributed by atoms with Gasteiger partial charge in [-0.3, -0.25) is 0 Å². The molecule has 0 unspecified atom stereocenters. The molecule has 0 heterocycles. The molecule has 0 aliphatic carbocycles. The Morgan fingerprint density at radius 1 is 1.08 bits per heavy atom. The molecule has 0 bridgehead atoms. The first kappa shape index (κ1) is 14.5. The Bertz CT molecular complexity index is 115. The van der Waals surface area contributed by atoms with Crippen LogP contribution in [-0.4, -0.2) is 12.6 Å². The van der Waals surface area contributed by atoms with E-state index in [1.807, 2.05) is 0 Å². The second-order valence-electron chi connectivity index (χ2n) is 1.46. The molecule has 0 nitrogen and oxygen atoms in total. The van der Waals surface area contributed by atoms with Crippen LogP contribution < -0.4 is 0 Å². The lowest BCUT2D eigenvalue weighted by Crippen LogP contribution is -2.12. The van der Waals surface area contributed by atoms with E-state index in [0.717, 1.165) is 0 Å². The molecule has 12 heavy (non-hydrogen) atoms. The van der Waals surface area contributed by atoms with Crippen LogP contribution in [0.5, 0.6) is 0 Å². The van der Waals surface area contributed by atoms with E-state index in [2.05, 4.69) is 0 Å². The van der Waals surface area contributed by atoms with Crippen molar-refractivity contribution < 1.29 is 22.0 Å². The molecular weight excluding hydrogens is 226 g/mol. The first-order valence-electron chi connectivity index (χ1n) is 2.53. The van der Waals surface area contributed by atoms with Crippen LogP contribution in [0, 0.1) is 0 Å². The van der Waals surface area contributed by atoms with Gasteiger partial charge in [0.2, 0.25) is 6.43 Å². The highest BCUT2D eigenvalue weighted by atomic mass is 35.5. The second-order valence-corrected chi connectivity index (χ2v) is 1.97. The van der Waals surface area contributed by atoms with E-state index >= 15 is 0 Å². The Balaban J connectivity index is 0. The Kier molecular flexibility index (Phi) is 9.19. The van der Waals surface area contributed by atoms with Crippen molar-refractivity contribution in [1.82, 2.24) is 0 Å². The van der Waals surface area contributed by atoms with E-state index in [1.54, 1.807) is 0 Å². The molecule has 0 N–H and O–H groups in total.